The molecule has 0 saturated carbocycles. The highest BCUT2D eigenvalue weighted by Crippen LogP contribution is 2.17. The van der Waals surface area contributed by atoms with Gasteiger partial charge in [0.1, 0.15) is 11.5 Å². The van der Waals surface area contributed by atoms with E-state index >= 15 is 0 Å². The summed E-state index contributed by atoms with van der Waals surface area (Å²) in [6.45, 7) is 8.22. The van der Waals surface area contributed by atoms with Gasteiger partial charge in [0.15, 0.2) is 6.61 Å². The van der Waals surface area contributed by atoms with E-state index < -0.39 is 5.91 Å². The third kappa shape index (κ3) is 6.19. The number of carbonyl (C=O) groups excluding carboxylic acids is 2. The molecule has 0 unspecified atom stereocenters. The highest BCUT2D eigenvalue weighted by atomic mass is 16.5. The van der Waals surface area contributed by atoms with Crippen molar-refractivity contribution in [3.8, 4) is 11.5 Å². The van der Waals surface area contributed by atoms with Gasteiger partial charge in [-0.25, -0.2) is 0 Å². The molecule has 150 valence electrons. The third-order valence-electron chi connectivity index (χ3n) is 4.08. The minimum absolute atomic E-state index is 0.213. The molecule has 28 heavy (non-hydrogen) atoms. The molecule has 7 heteroatoms. The Balaban J connectivity index is 1.78. The normalized spacial score (nSPS) is 10.1. The molecule has 0 heterocycles. The fourth-order valence-corrected chi connectivity index (χ4v) is 2.59. The quantitative estimate of drug-likeness (QED) is 0.649. The molecule has 0 spiro atoms. The molecule has 0 bridgehead atoms. The number of nitrogens with zero attached hydrogens (tertiary/aromatic N) is 1. The van der Waals surface area contributed by atoms with Crippen LogP contribution in [0.25, 0.3) is 0 Å². The Kier molecular flexibility index (Phi) is 8.14. The lowest BCUT2D eigenvalue weighted by molar-refractivity contribution is -0.123. The van der Waals surface area contributed by atoms with Crippen LogP contribution in [0.4, 0.5) is 5.69 Å². The Labute approximate surface area is 165 Å². The zero-order chi connectivity index (χ0) is 20.4. The monoisotopic (exact) mass is 385 g/mol. The SMILES string of the molecule is CCOc1ccc(OCC(=O)NNC(=O)c2ccc(N(CC)CC)cc2)cc1. The number of carbonyl (C=O) groups is 2. The Hall–Kier alpha value is -3.22. The predicted molar refractivity (Wildman–Crippen MR) is 109 cm³/mol. The third-order valence-corrected chi connectivity index (χ3v) is 4.08. The van der Waals surface area contributed by atoms with Gasteiger partial charge in [0.2, 0.25) is 0 Å². The van der Waals surface area contributed by atoms with Crippen LogP contribution in [-0.2, 0) is 4.79 Å². The van der Waals surface area contributed by atoms with E-state index in [1.807, 2.05) is 19.1 Å². The zero-order valence-corrected chi connectivity index (χ0v) is 16.5. The lowest BCUT2D eigenvalue weighted by Crippen LogP contribution is -2.43. The number of anilines is 1. The maximum Gasteiger partial charge on any atom is 0.276 e. The fourth-order valence-electron chi connectivity index (χ4n) is 2.59. The van der Waals surface area contributed by atoms with Crippen molar-refractivity contribution in [2.45, 2.75) is 20.8 Å². The van der Waals surface area contributed by atoms with Gasteiger partial charge in [0, 0.05) is 24.3 Å². The van der Waals surface area contributed by atoms with Gasteiger partial charge >= 0.3 is 0 Å². The molecule has 7 nitrogen and oxygen atoms in total. The maximum atomic E-state index is 12.1. The number of hydrogen-bond donors (Lipinski definition) is 2. The van der Waals surface area contributed by atoms with Crippen LogP contribution < -0.4 is 25.2 Å². The van der Waals surface area contributed by atoms with Crippen molar-refractivity contribution < 1.29 is 19.1 Å². The Morgan fingerprint density at radius 3 is 1.93 bits per heavy atom. The highest BCUT2D eigenvalue weighted by Gasteiger charge is 2.09. The van der Waals surface area contributed by atoms with Crippen molar-refractivity contribution in [2.24, 2.45) is 0 Å². The number of benzene rings is 2. The molecule has 2 amide bonds. The molecule has 0 aliphatic rings. The van der Waals surface area contributed by atoms with Gasteiger partial charge in [-0.15, -0.1) is 0 Å². The summed E-state index contributed by atoms with van der Waals surface area (Å²) in [6, 6.07) is 14.2. The topological polar surface area (TPSA) is 79.9 Å². The Bertz CT molecular complexity index is 756. The smallest absolute Gasteiger partial charge is 0.276 e. The van der Waals surface area contributed by atoms with Gasteiger partial charge in [0.25, 0.3) is 11.8 Å². The summed E-state index contributed by atoms with van der Waals surface area (Å²) >= 11 is 0. The van der Waals surface area contributed by atoms with Crippen LogP contribution in [0.1, 0.15) is 31.1 Å². The molecule has 2 aromatic rings. The van der Waals surface area contributed by atoms with Crippen LogP contribution in [0.15, 0.2) is 48.5 Å². The van der Waals surface area contributed by atoms with Crippen molar-refractivity contribution in [1.29, 1.82) is 0 Å². The largest absolute Gasteiger partial charge is 0.494 e. The van der Waals surface area contributed by atoms with Gasteiger partial charge in [-0.2, -0.15) is 0 Å². The second-order valence-electron chi connectivity index (χ2n) is 5.91. The Morgan fingerprint density at radius 1 is 0.821 bits per heavy atom. The standard InChI is InChI=1S/C21H27N3O4/c1-4-24(5-2)17-9-7-16(8-10-17)21(26)23-22-20(25)15-28-19-13-11-18(12-14-19)27-6-3/h7-14H,4-6,15H2,1-3H3,(H,22,25)(H,23,26). The summed E-state index contributed by atoms with van der Waals surface area (Å²) in [4.78, 5) is 26.2. The van der Waals surface area contributed by atoms with Crippen LogP contribution in [0.5, 0.6) is 11.5 Å². The molecule has 0 fully saturated rings. The van der Waals surface area contributed by atoms with Crippen LogP contribution in [0.3, 0.4) is 0 Å². The predicted octanol–water partition coefficient (Wildman–Crippen LogP) is 2.77. The second-order valence-corrected chi connectivity index (χ2v) is 5.91. The maximum absolute atomic E-state index is 12.1. The number of ether oxygens (including phenoxy) is 2. The summed E-state index contributed by atoms with van der Waals surface area (Å²) in [7, 11) is 0. The van der Waals surface area contributed by atoms with E-state index in [9.17, 15) is 9.59 Å². The molecule has 0 aliphatic heterocycles. The number of rotatable bonds is 9. The van der Waals surface area contributed by atoms with Gasteiger partial charge in [-0.1, -0.05) is 0 Å². The van der Waals surface area contributed by atoms with Crippen LogP contribution in [0, 0.1) is 0 Å². The number of hydrazine groups is 1. The van der Waals surface area contributed by atoms with Crippen molar-refractivity contribution >= 4 is 17.5 Å². The molecular weight excluding hydrogens is 358 g/mol. The molecule has 2 aromatic carbocycles. The summed E-state index contributed by atoms with van der Waals surface area (Å²) in [5.74, 6) is 0.429. The van der Waals surface area contributed by atoms with E-state index in [4.69, 9.17) is 9.47 Å². The summed E-state index contributed by atoms with van der Waals surface area (Å²) in [5.41, 5.74) is 6.24. The minimum atomic E-state index is -0.456. The molecular formula is C21H27N3O4. The van der Waals surface area contributed by atoms with Crippen molar-refractivity contribution in [2.75, 3.05) is 31.2 Å². The first-order valence-corrected chi connectivity index (χ1v) is 9.37. The summed E-state index contributed by atoms with van der Waals surface area (Å²) in [5, 5.41) is 0. The number of amides is 2. The van der Waals surface area contributed by atoms with Crippen LogP contribution in [-0.4, -0.2) is 38.1 Å². The molecule has 0 saturated heterocycles. The van der Waals surface area contributed by atoms with Gasteiger partial charge in [-0.3, -0.25) is 20.4 Å². The second kappa shape index (κ2) is 10.8. The molecule has 2 rings (SSSR count). The summed E-state index contributed by atoms with van der Waals surface area (Å²) < 4.78 is 10.7. The lowest BCUT2D eigenvalue weighted by atomic mass is 10.2. The molecule has 0 aliphatic carbocycles. The molecule has 0 atom stereocenters. The first-order chi connectivity index (χ1) is 13.6. The number of nitrogens with one attached hydrogen (secondary N) is 2. The van der Waals surface area contributed by atoms with E-state index in [-0.39, 0.29) is 12.5 Å². The average Bonchev–Trinajstić information content (AvgIpc) is 2.73. The van der Waals surface area contributed by atoms with E-state index in [0.717, 1.165) is 24.5 Å². The van der Waals surface area contributed by atoms with Crippen molar-refractivity contribution in [3.63, 3.8) is 0 Å². The van der Waals surface area contributed by atoms with E-state index in [2.05, 4.69) is 29.6 Å². The van der Waals surface area contributed by atoms with E-state index in [0.29, 0.717) is 17.9 Å². The summed E-state index contributed by atoms with van der Waals surface area (Å²) in [6.07, 6.45) is 0. The van der Waals surface area contributed by atoms with E-state index in [1.54, 1.807) is 36.4 Å². The van der Waals surface area contributed by atoms with Crippen molar-refractivity contribution in [1.82, 2.24) is 10.9 Å². The Morgan fingerprint density at radius 2 is 1.39 bits per heavy atom. The first kappa shape index (κ1) is 21.1. The average molecular weight is 385 g/mol. The molecule has 0 aromatic heterocycles. The highest BCUT2D eigenvalue weighted by molar-refractivity contribution is 5.95. The fraction of sp³-hybridized carbons (Fsp3) is 0.333. The zero-order valence-electron chi connectivity index (χ0n) is 16.5. The van der Waals surface area contributed by atoms with Gasteiger partial charge in [0.05, 0.1) is 6.61 Å². The minimum Gasteiger partial charge on any atom is -0.494 e. The van der Waals surface area contributed by atoms with E-state index in [1.165, 1.54) is 0 Å². The lowest BCUT2D eigenvalue weighted by Gasteiger charge is -2.21. The van der Waals surface area contributed by atoms with Gasteiger partial charge < -0.3 is 14.4 Å². The van der Waals surface area contributed by atoms with Crippen LogP contribution >= 0.6 is 0 Å². The van der Waals surface area contributed by atoms with Crippen molar-refractivity contribution in [3.05, 3.63) is 54.1 Å². The number of hydrogen-bond acceptors (Lipinski definition) is 5. The first-order valence-electron chi connectivity index (χ1n) is 9.37. The van der Waals surface area contributed by atoms with Crippen LogP contribution in [0.2, 0.25) is 0 Å². The van der Waals surface area contributed by atoms with Gasteiger partial charge in [-0.05, 0) is 69.3 Å². The molecule has 2 N–H and O–H groups in total. The molecule has 0 radical (unpaired) electrons.